The second-order valence-electron chi connectivity index (χ2n) is 8.45. The van der Waals surface area contributed by atoms with Crippen LogP contribution in [0.1, 0.15) is 31.1 Å². The molecule has 7 nitrogen and oxygen atoms in total. The van der Waals surface area contributed by atoms with Gasteiger partial charge < -0.3 is 23.4 Å². The van der Waals surface area contributed by atoms with Crippen molar-refractivity contribution >= 4 is 16.9 Å². The molecule has 0 aliphatic heterocycles. The van der Waals surface area contributed by atoms with Crippen LogP contribution < -0.4 is 24.4 Å². The molecule has 0 aliphatic carbocycles. The Labute approximate surface area is 221 Å². The highest BCUT2D eigenvalue weighted by Crippen LogP contribution is 2.39. The van der Waals surface area contributed by atoms with Crippen LogP contribution in [-0.2, 0) is 17.4 Å². The van der Waals surface area contributed by atoms with Gasteiger partial charge in [0.2, 0.25) is 11.2 Å². The number of fused-ring (bicyclic) bond motifs is 1. The summed E-state index contributed by atoms with van der Waals surface area (Å²) in [5, 5.41) is -0.172. The number of esters is 1. The zero-order chi connectivity index (χ0) is 28.0. The molecule has 0 fully saturated rings. The second kappa shape index (κ2) is 11.9. The predicted molar refractivity (Wildman–Crippen MR) is 137 cm³/mol. The number of benzene rings is 3. The van der Waals surface area contributed by atoms with Gasteiger partial charge in [0.1, 0.15) is 28.6 Å². The molecule has 1 aromatic heterocycles. The molecular weight excluding hydrogens is 517 g/mol. The number of halogens is 3. The number of ether oxygens (including phenoxy) is 4. The maximum Gasteiger partial charge on any atom is 0.453 e. The smallest absolute Gasteiger partial charge is 0.453 e. The molecule has 0 N–H and O–H groups in total. The van der Waals surface area contributed by atoms with E-state index in [0.29, 0.717) is 17.9 Å². The number of rotatable bonds is 10. The van der Waals surface area contributed by atoms with E-state index < -0.39 is 34.7 Å². The zero-order valence-corrected chi connectivity index (χ0v) is 21.2. The van der Waals surface area contributed by atoms with Gasteiger partial charge in [-0.2, -0.15) is 13.2 Å². The lowest BCUT2D eigenvalue weighted by Crippen LogP contribution is -2.15. The Hall–Kier alpha value is -4.47. The normalized spacial score (nSPS) is 11.3. The lowest BCUT2D eigenvalue weighted by Gasteiger charge is -2.14. The Morgan fingerprint density at radius 1 is 0.897 bits per heavy atom. The molecule has 204 valence electrons. The SMILES string of the molecule is CCc1ccc(OCCCC(=O)Oc2ccc3c(=O)c(Oc4ccc(OC)cc4)c(C(F)(F)F)oc3c2)cc1. The number of methoxy groups -OCH3 is 1. The second-order valence-corrected chi connectivity index (χ2v) is 8.45. The number of hydrogen-bond donors (Lipinski definition) is 0. The summed E-state index contributed by atoms with van der Waals surface area (Å²) in [7, 11) is 1.43. The van der Waals surface area contributed by atoms with Gasteiger partial charge in [-0.05, 0) is 66.9 Å². The average Bonchev–Trinajstić information content (AvgIpc) is 2.92. The first kappa shape index (κ1) is 27.6. The Kier molecular flexibility index (Phi) is 8.43. The number of alkyl halides is 3. The van der Waals surface area contributed by atoms with Gasteiger partial charge in [-0.25, -0.2) is 0 Å². The van der Waals surface area contributed by atoms with Crippen LogP contribution in [0.5, 0.6) is 28.7 Å². The van der Waals surface area contributed by atoms with Gasteiger partial charge in [-0.3, -0.25) is 9.59 Å². The molecule has 39 heavy (non-hydrogen) atoms. The molecule has 0 aliphatic rings. The Morgan fingerprint density at radius 2 is 1.54 bits per heavy atom. The summed E-state index contributed by atoms with van der Waals surface area (Å²) in [5.74, 6) is -2.17. The molecule has 0 saturated heterocycles. The molecule has 4 rings (SSSR count). The minimum absolute atomic E-state index is 0.0114. The first-order valence-electron chi connectivity index (χ1n) is 12.1. The summed E-state index contributed by atoms with van der Waals surface area (Å²) < 4.78 is 67.6. The number of hydrogen-bond acceptors (Lipinski definition) is 7. The topological polar surface area (TPSA) is 84.2 Å². The largest absolute Gasteiger partial charge is 0.497 e. The third-order valence-electron chi connectivity index (χ3n) is 5.72. The minimum atomic E-state index is -5.03. The van der Waals surface area contributed by atoms with E-state index >= 15 is 0 Å². The predicted octanol–water partition coefficient (Wildman–Crippen LogP) is 6.94. The Bertz CT molecular complexity index is 1490. The first-order chi connectivity index (χ1) is 18.7. The van der Waals surface area contributed by atoms with E-state index in [1.807, 2.05) is 24.3 Å². The molecule has 3 aromatic carbocycles. The summed E-state index contributed by atoms with van der Waals surface area (Å²) in [5.41, 5.74) is -0.250. The van der Waals surface area contributed by atoms with E-state index in [-0.39, 0.29) is 29.9 Å². The molecule has 0 radical (unpaired) electrons. The quantitative estimate of drug-likeness (QED) is 0.122. The zero-order valence-electron chi connectivity index (χ0n) is 21.2. The third-order valence-corrected chi connectivity index (χ3v) is 5.72. The van der Waals surface area contributed by atoms with Gasteiger partial charge in [0.05, 0.1) is 19.1 Å². The van der Waals surface area contributed by atoms with Crippen molar-refractivity contribution in [2.75, 3.05) is 13.7 Å². The highest BCUT2D eigenvalue weighted by Gasteiger charge is 2.40. The van der Waals surface area contributed by atoms with Crippen molar-refractivity contribution in [3.8, 4) is 28.7 Å². The fourth-order valence-corrected chi connectivity index (χ4v) is 3.67. The number of carbonyl (C=O) groups excluding carboxylic acids is 1. The van der Waals surface area contributed by atoms with Gasteiger partial charge in [0, 0.05) is 12.5 Å². The van der Waals surface area contributed by atoms with Crippen LogP contribution in [-0.4, -0.2) is 19.7 Å². The lowest BCUT2D eigenvalue weighted by atomic mass is 10.2. The molecular formula is C29H25F3O7. The lowest BCUT2D eigenvalue weighted by molar-refractivity contribution is -0.154. The monoisotopic (exact) mass is 542 g/mol. The fraction of sp³-hybridized carbons (Fsp3) is 0.241. The van der Waals surface area contributed by atoms with Crippen molar-refractivity contribution in [3.05, 3.63) is 88.3 Å². The van der Waals surface area contributed by atoms with Gasteiger partial charge in [0.15, 0.2) is 0 Å². The molecule has 0 unspecified atom stereocenters. The van der Waals surface area contributed by atoms with Crippen LogP contribution in [0.25, 0.3) is 11.0 Å². The molecule has 0 spiro atoms. The summed E-state index contributed by atoms with van der Waals surface area (Å²) in [4.78, 5) is 25.2. The molecule has 1 heterocycles. The van der Waals surface area contributed by atoms with E-state index in [9.17, 15) is 22.8 Å². The van der Waals surface area contributed by atoms with Crippen LogP contribution in [0, 0.1) is 0 Å². The maximum atomic E-state index is 13.8. The van der Waals surface area contributed by atoms with Gasteiger partial charge in [-0.1, -0.05) is 19.1 Å². The van der Waals surface area contributed by atoms with E-state index in [2.05, 4.69) is 6.92 Å². The van der Waals surface area contributed by atoms with Gasteiger partial charge in [-0.15, -0.1) is 0 Å². The van der Waals surface area contributed by atoms with Crippen LogP contribution in [0.3, 0.4) is 0 Å². The van der Waals surface area contributed by atoms with E-state index in [1.165, 1.54) is 49.1 Å². The van der Waals surface area contributed by atoms with Crippen molar-refractivity contribution in [1.82, 2.24) is 0 Å². The van der Waals surface area contributed by atoms with Crippen molar-refractivity contribution in [1.29, 1.82) is 0 Å². The van der Waals surface area contributed by atoms with Crippen LogP contribution in [0.15, 0.2) is 75.9 Å². The molecule has 0 saturated carbocycles. The van der Waals surface area contributed by atoms with E-state index in [4.69, 9.17) is 23.4 Å². The summed E-state index contributed by atoms with van der Waals surface area (Å²) >= 11 is 0. The molecule has 0 bridgehead atoms. The highest BCUT2D eigenvalue weighted by molar-refractivity contribution is 5.81. The Balaban J connectivity index is 1.46. The first-order valence-corrected chi connectivity index (χ1v) is 12.1. The van der Waals surface area contributed by atoms with Crippen molar-refractivity contribution in [3.63, 3.8) is 0 Å². The standard InChI is InChI=1S/C29H25F3O7/c1-3-18-6-8-20(9-7-18)36-16-4-5-25(33)37-22-14-15-23-24(17-22)39-28(29(30,31)32)27(26(23)34)38-21-12-10-19(35-2)11-13-21/h6-15,17H,3-5,16H2,1-2H3. The van der Waals surface area contributed by atoms with Gasteiger partial charge >= 0.3 is 12.1 Å². The average molecular weight is 543 g/mol. The molecule has 10 heteroatoms. The third kappa shape index (κ3) is 6.90. The molecule has 4 aromatic rings. The maximum absolute atomic E-state index is 13.8. The summed E-state index contributed by atoms with van der Waals surface area (Å²) in [6.07, 6.45) is -3.74. The van der Waals surface area contributed by atoms with Crippen LogP contribution >= 0.6 is 0 Å². The Morgan fingerprint density at radius 3 is 2.18 bits per heavy atom. The summed E-state index contributed by atoms with van der Waals surface area (Å²) in [6, 6.07) is 16.9. The van der Waals surface area contributed by atoms with Crippen molar-refractivity contribution in [2.24, 2.45) is 0 Å². The molecule has 0 atom stereocenters. The van der Waals surface area contributed by atoms with Crippen LogP contribution in [0.2, 0.25) is 0 Å². The van der Waals surface area contributed by atoms with E-state index in [1.54, 1.807) is 0 Å². The highest BCUT2D eigenvalue weighted by atomic mass is 19.4. The number of aryl methyl sites for hydroxylation is 1. The fourth-order valence-electron chi connectivity index (χ4n) is 3.67. The van der Waals surface area contributed by atoms with Crippen molar-refractivity contribution < 1.29 is 41.3 Å². The van der Waals surface area contributed by atoms with Crippen molar-refractivity contribution in [2.45, 2.75) is 32.4 Å². The molecule has 0 amide bonds. The number of carbonyl (C=O) groups is 1. The van der Waals surface area contributed by atoms with E-state index in [0.717, 1.165) is 12.5 Å². The van der Waals surface area contributed by atoms with Crippen LogP contribution in [0.4, 0.5) is 13.2 Å². The summed E-state index contributed by atoms with van der Waals surface area (Å²) in [6.45, 7) is 2.33. The minimum Gasteiger partial charge on any atom is -0.497 e. The van der Waals surface area contributed by atoms with Gasteiger partial charge in [0.25, 0.3) is 5.76 Å².